The lowest BCUT2D eigenvalue weighted by molar-refractivity contribution is 0.186. The van der Waals surface area contributed by atoms with Gasteiger partial charge in [-0.3, -0.25) is 4.90 Å². The Hall–Kier alpha value is -3.48. The van der Waals surface area contributed by atoms with E-state index in [9.17, 15) is 0 Å². The van der Waals surface area contributed by atoms with Crippen molar-refractivity contribution in [1.82, 2.24) is 15.2 Å². The zero-order chi connectivity index (χ0) is 25.5. The van der Waals surface area contributed by atoms with Crippen molar-refractivity contribution < 1.29 is 14.2 Å². The molecule has 0 fully saturated rings. The van der Waals surface area contributed by atoms with Crippen molar-refractivity contribution in [2.24, 2.45) is 0 Å². The summed E-state index contributed by atoms with van der Waals surface area (Å²) >= 11 is 0. The van der Waals surface area contributed by atoms with Gasteiger partial charge in [-0.1, -0.05) is 24.3 Å². The number of H-pyrrole nitrogens is 1. The van der Waals surface area contributed by atoms with Crippen LogP contribution in [0.2, 0.25) is 0 Å². The maximum absolute atomic E-state index is 5.83. The van der Waals surface area contributed by atoms with E-state index in [1.165, 1.54) is 44.4 Å². The van der Waals surface area contributed by atoms with E-state index in [2.05, 4.69) is 76.7 Å². The molecule has 0 saturated carbocycles. The molecule has 6 heteroatoms. The average Bonchev–Trinajstić information content (AvgIpc) is 3.33. The number of aromatic nitrogens is 1. The molecule has 2 atom stereocenters. The van der Waals surface area contributed by atoms with E-state index in [4.69, 9.17) is 14.2 Å². The Bertz CT molecular complexity index is 1440. The molecule has 6 nitrogen and oxygen atoms in total. The number of nitrogens with one attached hydrogen (secondary N) is 2. The Balaban J connectivity index is 1.32. The number of rotatable bonds is 6. The summed E-state index contributed by atoms with van der Waals surface area (Å²) in [7, 11) is 5.16. The fraction of sp³-hybridized carbons (Fsp3) is 0.355. The van der Waals surface area contributed by atoms with Crippen molar-refractivity contribution in [3.63, 3.8) is 0 Å². The van der Waals surface area contributed by atoms with Gasteiger partial charge in [0.1, 0.15) is 5.75 Å². The second kappa shape index (κ2) is 9.77. The zero-order valence-corrected chi connectivity index (χ0v) is 22.1. The first kappa shape index (κ1) is 23.9. The van der Waals surface area contributed by atoms with Crippen LogP contribution >= 0.6 is 0 Å². The van der Waals surface area contributed by atoms with Crippen LogP contribution in [-0.2, 0) is 19.4 Å². The standard InChI is InChI=1S/C31H35N3O3/c1-19-25-17-29(37-4)28(36-3)16-20(25)12-14-34(19)18-22-15-21(9-10-27(22)35-2)30-31-24(11-13-32-30)23-7-5-6-8-26(23)33-31/h5-10,15-17,19,30,32-33H,11-14,18H2,1-4H3/t19-,30?/m0/s1. The van der Waals surface area contributed by atoms with Crippen LogP contribution in [0.1, 0.15) is 52.5 Å². The molecular formula is C31H35N3O3. The molecule has 3 heterocycles. The maximum Gasteiger partial charge on any atom is 0.161 e. The van der Waals surface area contributed by atoms with Crippen LogP contribution < -0.4 is 19.5 Å². The van der Waals surface area contributed by atoms with E-state index in [0.29, 0.717) is 0 Å². The molecule has 0 radical (unpaired) electrons. The number of aromatic amines is 1. The summed E-state index contributed by atoms with van der Waals surface area (Å²) in [5, 5.41) is 5.09. The Labute approximate surface area is 218 Å². The van der Waals surface area contributed by atoms with Crippen LogP contribution in [0.15, 0.2) is 54.6 Å². The van der Waals surface area contributed by atoms with Crippen molar-refractivity contribution >= 4 is 10.9 Å². The summed E-state index contributed by atoms with van der Waals surface area (Å²) in [6, 6.07) is 19.9. The van der Waals surface area contributed by atoms with Crippen molar-refractivity contribution in [2.45, 2.75) is 38.4 Å². The second-order valence-corrected chi connectivity index (χ2v) is 10.1. The molecule has 0 amide bonds. The highest BCUT2D eigenvalue weighted by Crippen LogP contribution is 2.40. The summed E-state index contributed by atoms with van der Waals surface area (Å²) in [4.78, 5) is 6.23. The number of benzene rings is 3. The largest absolute Gasteiger partial charge is 0.496 e. The number of hydrogen-bond donors (Lipinski definition) is 2. The molecule has 3 aromatic carbocycles. The first-order valence-corrected chi connectivity index (χ1v) is 13.1. The average molecular weight is 498 g/mol. The van der Waals surface area contributed by atoms with Crippen molar-refractivity contribution in [3.8, 4) is 17.2 Å². The molecule has 6 rings (SSSR count). The first-order chi connectivity index (χ1) is 18.1. The molecule has 192 valence electrons. The van der Waals surface area contributed by atoms with E-state index in [-0.39, 0.29) is 12.1 Å². The predicted molar refractivity (Wildman–Crippen MR) is 147 cm³/mol. The molecule has 4 aromatic rings. The normalized spacial score (nSPS) is 19.4. The quantitative estimate of drug-likeness (QED) is 0.366. The first-order valence-electron chi connectivity index (χ1n) is 13.1. The van der Waals surface area contributed by atoms with Gasteiger partial charge in [0.25, 0.3) is 0 Å². The molecular weight excluding hydrogens is 462 g/mol. The molecule has 2 N–H and O–H groups in total. The highest BCUT2D eigenvalue weighted by Gasteiger charge is 2.29. The van der Waals surface area contributed by atoms with Crippen LogP contribution in [0.4, 0.5) is 0 Å². The summed E-state index contributed by atoms with van der Waals surface area (Å²) in [5.74, 6) is 2.52. The molecule has 0 bridgehead atoms. The third kappa shape index (κ3) is 4.14. The molecule has 2 aliphatic heterocycles. The minimum atomic E-state index is 0.136. The highest BCUT2D eigenvalue weighted by molar-refractivity contribution is 5.85. The van der Waals surface area contributed by atoms with Crippen LogP contribution in [0, 0.1) is 0 Å². The van der Waals surface area contributed by atoms with Crippen molar-refractivity contribution in [1.29, 1.82) is 0 Å². The number of ether oxygens (including phenoxy) is 3. The zero-order valence-electron chi connectivity index (χ0n) is 22.1. The van der Waals surface area contributed by atoms with Gasteiger partial charge in [-0.15, -0.1) is 0 Å². The van der Waals surface area contributed by atoms with E-state index < -0.39 is 0 Å². The lowest BCUT2D eigenvalue weighted by atomic mass is 9.91. The number of methoxy groups -OCH3 is 3. The fourth-order valence-corrected chi connectivity index (χ4v) is 6.20. The van der Waals surface area contributed by atoms with Gasteiger partial charge < -0.3 is 24.5 Å². The lowest BCUT2D eigenvalue weighted by Gasteiger charge is -2.36. The summed E-state index contributed by atoms with van der Waals surface area (Å²) in [5.41, 5.74) is 9.03. The number of hydrogen-bond acceptors (Lipinski definition) is 5. The number of nitrogens with zero attached hydrogens (tertiary/aromatic N) is 1. The molecule has 0 spiro atoms. The van der Waals surface area contributed by atoms with Crippen LogP contribution in [0.5, 0.6) is 17.2 Å². The van der Waals surface area contributed by atoms with Gasteiger partial charge in [0.2, 0.25) is 0 Å². The number of fused-ring (bicyclic) bond motifs is 4. The lowest BCUT2D eigenvalue weighted by Crippen LogP contribution is -2.34. The van der Waals surface area contributed by atoms with Gasteiger partial charge >= 0.3 is 0 Å². The SMILES string of the molecule is COc1ccc(C2NCCc3c2[nH]c2ccccc32)cc1CN1CCc2cc(OC)c(OC)cc2[C@@H]1C. The Kier molecular flexibility index (Phi) is 6.31. The smallest absolute Gasteiger partial charge is 0.161 e. The Morgan fingerprint density at radius 2 is 1.68 bits per heavy atom. The van der Waals surface area contributed by atoms with Gasteiger partial charge in [-0.05, 0) is 72.4 Å². The van der Waals surface area contributed by atoms with Gasteiger partial charge in [0.15, 0.2) is 11.5 Å². The summed E-state index contributed by atoms with van der Waals surface area (Å²) < 4.78 is 17.0. The second-order valence-electron chi connectivity index (χ2n) is 10.1. The molecule has 0 aliphatic carbocycles. The van der Waals surface area contributed by atoms with Crippen molar-refractivity contribution in [2.75, 3.05) is 34.4 Å². The van der Waals surface area contributed by atoms with E-state index in [1.807, 2.05) is 0 Å². The fourth-order valence-electron chi connectivity index (χ4n) is 6.20. The molecule has 2 aliphatic rings. The van der Waals surface area contributed by atoms with Gasteiger partial charge in [-0.25, -0.2) is 0 Å². The highest BCUT2D eigenvalue weighted by atomic mass is 16.5. The topological polar surface area (TPSA) is 58.8 Å². The van der Waals surface area contributed by atoms with Gasteiger partial charge in [0, 0.05) is 47.8 Å². The van der Waals surface area contributed by atoms with Crippen LogP contribution in [-0.4, -0.2) is 44.3 Å². The Morgan fingerprint density at radius 1 is 0.892 bits per heavy atom. The molecule has 37 heavy (non-hydrogen) atoms. The summed E-state index contributed by atoms with van der Waals surface area (Å²) in [6.45, 7) is 5.04. The Morgan fingerprint density at radius 3 is 2.49 bits per heavy atom. The third-order valence-corrected chi connectivity index (χ3v) is 8.18. The molecule has 1 aromatic heterocycles. The summed E-state index contributed by atoms with van der Waals surface area (Å²) in [6.07, 6.45) is 2.02. The minimum absolute atomic E-state index is 0.136. The molecule has 0 saturated heterocycles. The van der Waals surface area contributed by atoms with Crippen LogP contribution in [0.3, 0.4) is 0 Å². The van der Waals surface area contributed by atoms with Gasteiger partial charge in [-0.2, -0.15) is 0 Å². The van der Waals surface area contributed by atoms with E-state index in [0.717, 1.165) is 49.7 Å². The van der Waals surface area contributed by atoms with Crippen LogP contribution in [0.25, 0.3) is 10.9 Å². The minimum Gasteiger partial charge on any atom is -0.496 e. The monoisotopic (exact) mass is 497 g/mol. The van der Waals surface area contributed by atoms with E-state index >= 15 is 0 Å². The molecule has 1 unspecified atom stereocenters. The van der Waals surface area contributed by atoms with Crippen molar-refractivity contribution in [3.05, 3.63) is 88.1 Å². The maximum atomic E-state index is 5.83. The predicted octanol–water partition coefficient (Wildman–Crippen LogP) is 5.55. The van der Waals surface area contributed by atoms with Gasteiger partial charge in [0.05, 0.1) is 27.4 Å². The third-order valence-electron chi connectivity index (χ3n) is 8.18. The number of para-hydroxylation sites is 1. The van der Waals surface area contributed by atoms with E-state index in [1.54, 1.807) is 21.3 Å².